The van der Waals surface area contributed by atoms with Crippen LogP contribution in [0.25, 0.3) is 5.76 Å². The molecule has 1 N–H and O–H groups in total. The van der Waals surface area contributed by atoms with Crippen LogP contribution < -0.4 is 9.80 Å². The number of benzene rings is 2. The van der Waals surface area contributed by atoms with Gasteiger partial charge < -0.3 is 10.0 Å². The Morgan fingerprint density at radius 3 is 2.23 bits per heavy atom. The van der Waals surface area contributed by atoms with Crippen molar-refractivity contribution in [1.29, 1.82) is 0 Å². The summed E-state index contributed by atoms with van der Waals surface area (Å²) in [5.41, 5.74) is 3.74. The highest BCUT2D eigenvalue weighted by molar-refractivity contribution is 6.51. The van der Waals surface area contributed by atoms with Crippen LogP contribution in [0.2, 0.25) is 0 Å². The summed E-state index contributed by atoms with van der Waals surface area (Å²) >= 11 is 0. The molecule has 1 unspecified atom stereocenters. The second-order valence-corrected chi connectivity index (χ2v) is 7.68. The van der Waals surface area contributed by atoms with E-state index in [4.69, 9.17) is 0 Å². The van der Waals surface area contributed by atoms with Gasteiger partial charge in [0.25, 0.3) is 11.7 Å². The maximum Gasteiger partial charge on any atom is 0.300 e. The lowest BCUT2D eigenvalue weighted by atomic mass is 9.95. The molecule has 1 aromatic heterocycles. The van der Waals surface area contributed by atoms with Crippen LogP contribution >= 0.6 is 0 Å². The fourth-order valence-electron chi connectivity index (χ4n) is 3.85. The van der Waals surface area contributed by atoms with Crippen molar-refractivity contribution in [1.82, 2.24) is 4.98 Å². The summed E-state index contributed by atoms with van der Waals surface area (Å²) in [5, 5.41) is 11.1. The molecule has 1 saturated heterocycles. The topological polar surface area (TPSA) is 73.7 Å². The van der Waals surface area contributed by atoms with Gasteiger partial charge in [-0.25, -0.2) is 0 Å². The molecule has 156 valence electrons. The molecule has 1 amide bonds. The van der Waals surface area contributed by atoms with Gasteiger partial charge in [0.15, 0.2) is 0 Å². The molecule has 1 aliphatic heterocycles. The molecule has 2 aromatic carbocycles. The first-order valence-electron chi connectivity index (χ1n) is 9.94. The average molecular weight is 413 g/mol. The zero-order chi connectivity index (χ0) is 22.1. The molecule has 0 bridgehead atoms. The number of Topliss-reactive ketones (excluding diaryl/α,β-unsaturated/α-hetero) is 1. The maximum atomic E-state index is 13.2. The number of nitrogens with zero attached hydrogens (tertiary/aromatic N) is 3. The third-order valence-electron chi connectivity index (χ3n) is 5.50. The van der Waals surface area contributed by atoms with Crippen molar-refractivity contribution in [2.24, 2.45) is 0 Å². The Bertz CT molecular complexity index is 1170. The van der Waals surface area contributed by atoms with Gasteiger partial charge in [-0.15, -0.1) is 0 Å². The van der Waals surface area contributed by atoms with E-state index in [2.05, 4.69) is 4.98 Å². The van der Waals surface area contributed by atoms with Crippen LogP contribution in [0.3, 0.4) is 0 Å². The number of aliphatic hydroxyl groups excluding tert-OH is 1. The molecule has 0 aliphatic carbocycles. The number of pyridine rings is 1. The van der Waals surface area contributed by atoms with E-state index in [-0.39, 0.29) is 11.3 Å². The summed E-state index contributed by atoms with van der Waals surface area (Å²) < 4.78 is 0. The van der Waals surface area contributed by atoms with E-state index in [1.807, 2.05) is 74.4 Å². The summed E-state index contributed by atoms with van der Waals surface area (Å²) in [6.07, 6.45) is 3.07. The van der Waals surface area contributed by atoms with Gasteiger partial charge in [0.05, 0.1) is 11.6 Å². The number of carbonyl (C=O) groups is 2. The molecule has 4 rings (SSSR count). The Kier molecular flexibility index (Phi) is 5.29. The fraction of sp³-hybridized carbons (Fsp3) is 0.160. The summed E-state index contributed by atoms with van der Waals surface area (Å²) in [4.78, 5) is 33.7. The standard InChI is InChI=1S/C25H23N3O3/c1-16-6-4-5-7-20(16)28-22(17-8-10-19(11-9-17)27(2)3)21(24(30)25(28)31)23(29)18-12-14-26-15-13-18/h4-15,22,29H,1-3H3/b23-21-. The lowest BCUT2D eigenvalue weighted by Crippen LogP contribution is -2.30. The van der Waals surface area contributed by atoms with Gasteiger partial charge in [-0.1, -0.05) is 30.3 Å². The zero-order valence-electron chi connectivity index (χ0n) is 17.6. The van der Waals surface area contributed by atoms with Gasteiger partial charge in [-0.2, -0.15) is 0 Å². The Labute approximate surface area is 181 Å². The van der Waals surface area contributed by atoms with Crippen LogP contribution in [-0.4, -0.2) is 35.9 Å². The molecule has 0 saturated carbocycles. The molecule has 1 atom stereocenters. The van der Waals surface area contributed by atoms with Crippen molar-refractivity contribution < 1.29 is 14.7 Å². The van der Waals surface area contributed by atoms with E-state index in [1.165, 1.54) is 17.3 Å². The number of hydrogen-bond donors (Lipinski definition) is 1. The van der Waals surface area contributed by atoms with Crippen LogP contribution in [0.5, 0.6) is 0 Å². The molecule has 1 aliphatic rings. The first-order chi connectivity index (χ1) is 14.9. The SMILES string of the molecule is Cc1ccccc1N1C(=O)C(=O)/C(=C(\O)c2ccncc2)C1c1ccc(N(C)C)cc1. The number of rotatable bonds is 4. The minimum Gasteiger partial charge on any atom is -0.507 e. The molecule has 0 radical (unpaired) electrons. The van der Waals surface area contributed by atoms with Crippen molar-refractivity contribution in [3.05, 3.63) is 95.3 Å². The largest absolute Gasteiger partial charge is 0.507 e. The predicted molar refractivity (Wildman–Crippen MR) is 121 cm³/mol. The zero-order valence-corrected chi connectivity index (χ0v) is 17.6. The third kappa shape index (κ3) is 3.57. The lowest BCUT2D eigenvalue weighted by Gasteiger charge is -2.27. The van der Waals surface area contributed by atoms with Crippen molar-refractivity contribution in [3.63, 3.8) is 0 Å². The van der Waals surface area contributed by atoms with Crippen molar-refractivity contribution in [2.75, 3.05) is 23.9 Å². The number of aryl methyl sites for hydroxylation is 1. The molecule has 0 spiro atoms. The van der Waals surface area contributed by atoms with Crippen LogP contribution in [0.4, 0.5) is 11.4 Å². The second kappa shape index (κ2) is 8.07. The first kappa shape index (κ1) is 20.3. The van der Waals surface area contributed by atoms with Crippen LogP contribution in [-0.2, 0) is 9.59 Å². The molecule has 31 heavy (non-hydrogen) atoms. The highest BCUT2D eigenvalue weighted by Crippen LogP contribution is 2.43. The van der Waals surface area contributed by atoms with Gasteiger partial charge in [-0.05, 0) is 48.4 Å². The van der Waals surface area contributed by atoms with Gasteiger partial charge in [0.2, 0.25) is 0 Å². The quantitative estimate of drug-likeness (QED) is 0.396. The fourth-order valence-corrected chi connectivity index (χ4v) is 3.85. The van der Waals surface area contributed by atoms with Crippen molar-refractivity contribution in [3.8, 4) is 0 Å². The first-order valence-corrected chi connectivity index (χ1v) is 9.94. The molecular formula is C25H23N3O3. The maximum absolute atomic E-state index is 13.2. The lowest BCUT2D eigenvalue weighted by molar-refractivity contribution is -0.132. The van der Waals surface area contributed by atoms with Crippen molar-refractivity contribution >= 4 is 28.8 Å². The minimum absolute atomic E-state index is 0.0667. The van der Waals surface area contributed by atoms with E-state index in [9.17, 15) is 14.7 Å². The van der Waals surface area contributed by atoms with Gasteiger partial charge >= 0.3 is 0 Å². The normalized spacial score (nSPS) is 17.8. The predicted octanol–water partition coefficient (Wildman–Crippen LogP) is 4.08. The summed E-state index contributed by atoms with van der Waals surface area (Å²) in [7, 11) is 3.88. The Morgan fingerprint density at radius 1 is 0.968 bits per heavy atom. The highest BCUT2D eigenvalue weighted by Gasteiger charge is 2.47. The third-order valence-corrected chi connectivity index (χ3v) is 5.50. The Hall–Kier alpha value is -3.93. The van der Waals surface area contributed by atoms with Gasteiger partial charge in [-0.3, -0.25) is 19.5 Å². The second-order valence-electron chi connectivity index (χ2n) is 7.68. The highest BCUT2D eigenvalue weighted by atomic mass is 16.3. The van der Waals surface area contributed by atoms with Gasteiger partial charge in [0, 0.05) is 43.4 Å². The van der Waals surface area contributed by atoms with Crippen LogP contribution in [0, 0.1) is 6.92 Å². The molecule has 6 heteroatoms. The number of anilines is 2. The van der Waals surface area contributed by atoms with E-state index in [0.717, 1.165) is 16.8 Å². The monoisotopic (exact) mass is 413 g/mol. The number of para-hydroxylation sites is 1. The number of aromatic nitrogens is 1. The summed E-state index contributed by atoms with van der Waals surface area (Å²) in [5.74, 6) is -1.58. The van der Waals surface area contributed by atoms with E-state index >= 15 is 0 Å². The number of amides is 1. The molecule has 1 fully saturated rings. The number of hydrogen-bond acceptors (Lipinski definition) is 5. The average Bonchev–Trinajstić information content (AvgIpc) is 3.05. The smallest absolute Gasteiger partial charge is 0.300 e. The summed E-state index contributed by atoms with van der Waals surface area (Å²) in [6, 6.07) is 17.5. The van der Waals surface area contributed by atoms with E-state index in [0.29, 0.717) is 11.3 Å². The minimum atomic E-state index is -0.745. The number of carbonyl (C=O) groups excluding carboxylic acids is 2. The Morgan fingerprint density at radius 2 is 1.61 bits per heavy atom. The Balaban J connectivity index is 1.94. The number of ketones is 1. The van der Waals surface area contributed by atoms with E-state index < -0.39 is 17.7 Å². The van der Waals surface area contributed by atoms with Crippen LogP contribution in [0.15, 0.2) is 78.6 Å². The van der Waals surface area contributed by atoms with Crippen molar-refractivity contribution in [2.45, 2.75) is 13.0 Å². The van der Waals surface area contributed by atoms with Gasteiger partial charge in [0.1, 0.15) is 5.76 Å². The number of aliphatic hydroxyl groups is 1. The molecular weight excluding hydrogens is 390 g/mol. The van der Waals surface area contributed by atoms with E-state index in [1.54, 1.807) is 12.1 Å². The summed E-state index contributed by atoms with van der Waals surface area (Å²) in [6.45, 7) is 1.89. The molecule has 2 heterocycles. The van der Waals surface area contributed by atoms with Crippen LogP contribution in [0.1, 0.15) is 22.7 Å². The molecule has 6 nitrogen and oxygen atoms in total. The molecule has 3 aromatic rings.